The van der Waals surface area contributed by atoms with Gasteiger partial charge in [-0.3, -0.25) is 4.79 Å². The summed E-state index contributed by atoms with van der Waals surface area (Å²) in [6, 6.07) is 11.9. The van der Waals surface area contributed by atoms with E-state index in [4.69, 9.17) is 14.7 Å². The summed E-state index contributed by atoms with van der Waals surface area (Å²) in [6.07, 6.45) is 0.869. The van der Waals surface area contributed by atoms with Crippen molar-refractivity contribution in [1.82, 2.24) is 10.2 Å². The number of carbonyl (C=O) groups excluding carboxylic acids is 2. The molecule has 0 aliphatic carbocycles. The number of rotatable bonds is 5. The number of methoxy groups -OCH3 is 1. The van der Waals surface area contributed by atoms with Crippen molar-refractivity contribution in [2.45, 2.75) is 45.3 Å². The molecule has 0 saturated carbocycles. The lowest BCUT2D eigenvalue weighted by Gasteiger charge is -2.33. The van der Waals surface area contributed by atoms with E-state index in [1.807, 2.05) is 0 Å². The Morgan fingerprint density at radius 3 is 2.46 bits per heavy atom. The number of nitriles is 1. The second kappa shape index (κ2) is 11.4. The average molecular weight is 554 g/mol. The van der Waals surface area contributed by atoms with E-state index in [2.05, 4.69) is 5.32 Å². The monoisotopic (exact) mass is 553 g/mol. The van der Waals surface area contributed by atoms with Crippen molar-refractivity contribution in [3.05, 3.63) is 64.5 Å². The maximum Gasteiger partial charge on any atom is 0.407 e. The topological polar surface area (TPSA) is 91.7 Å². The molecule has 1 fully saturated rings. The lowest BCUT2D eigenvalue weighted by Crippen LogP contribution is -2.50. The van der Waals surface area contributed by atoms with Gasteiger partial charge < -0.3 is 19.7 Å². The average Bonchev–Trinajstić information content (AvgIpc) is 3.32. The summed E-state index contributed by atoms with van der Waals surface area (Å²) < 4.78 is 39.5. The maximum absolute atomic E-state index is 14.6. The summed E-state index contributed by atoms with van der Waals surface area (Å²) in [6.45, 7) is 6.16. The predicted molar refractivity (Wildman–Crippen MR) is 145 cm³/mol. The first-order valence-electron chi connectivity index (χ1n) is 12.5. The first kappa shape index (κ1) is 28.0. The minimum absolute atomic E-state index is 0.0782. The third-order valence-electron chi connectivity index (χ3n) is 6.19. The molecule has 1 atom stereocenters. The largest absolute Gasteiger partial charge is 0.494 e. The number of thiophene rings is 1. The van der Waals surface area contributed by atoms with Crippen LogP contribution in [0, 0.1) is 23.0 Å². The van der Waals surface area contributed by atoms with Crippen molar-refractivity contribution in [3.63, 3.8) is 0 Å². The van der Waals surface area contributed by atoms with E-state index in [-0.39, 0.29) is 23.3 Å². The number of nitrogens with zero attached hydrogens (tertiary/aromatic N) is 2. The van der Waals surface area contributed by atoms with Crippen molar-refractivity contribution in [3.8, 4) is 33.4 Å². The lowest BCUT2D eigenvalue weighted by molar-refractivity contribution is 0.0453. The fourth-order valence-electron chi connectivity index (χ4n) is 4.42. The molecule has 2 amide bonds. The summed E-state index contributed by atoms with van der Waals surface area (Å²) in [5.41, 5.74) is 0.761. The number of alkyl carbamates (subject to hydrolysis) is 1. The summed E-state index contributed by atoms with van der Waals surface area (Å²) in [4.78, 5) is 28.5. The molecule has 1 saturated heterocycles. The van der Waals surface area contributed by atoms with Gasteiger partial charge in [0.2, 0.25) is 0 Å². The van der Waals surface area contributed by atoms with Crippen LogP contribution in [-0.4, -0.2) is 48.7 Å². The predicted octanol–water partition coefficient (Wildman–Crippen LogP) is 6.37. The molecular weight excluding hydrogens is 524 g/mol. The number of amides is 2. The summed E-state index contributed by atoms with van der Waals surface area (Å²) in [5.74, 6) is -1.42. The number of likely N-dealkylation sites (tertiary alicyclic amines) is 1. The molecule has 0 spiro atoms. The van der Waals surface area contributed by atoms with Crippen LogP contribution in [0.15, 0.2) is 42.5 Å². The molecule has 0 radical (unpaired) electrons. The van der Waals surface area contributed by atoms with Gasteiger partial charge in [-0.25, -0.2) is 13.6 Å². The van der Waals surface area contributed by atoms with Gasteiger partial charge in [-0.05, 0) is 81.1 Å². The molecule has 4 rings (SSSR count). The van der Waals surface area contributed by atoms with Crippen LogP contribution in [0.5, 0.6) is 5.75 Å². The maximum atomic E-state index is 14.6. The molecule has 39 heavy (non-hydrogen) atoms. The van der Waals surface area contributed by atoms with Gasteiger partial charge in [-0.1, -0.05) is 6.07 Å². The van der Waals surface area contributed by atoms with Crippen LogP contribution in [0.3, 0.4) is 0 Å². The van der Waals surface area contributed by atoms with E-state index in [1.165, 1.54) is 42.7 Å². The molecule has 2 aromatic carbocycles. The number of piperidine rings is 1. The molecule has 7 nitrogen and oxygen atoms in total. The molecule has 204 valence electrons. The highest BCUT2D eigenvalue weighted by Crippen LogP contribution is 2.41. The first-order valence-corrected chi connectivity index (χ1v) is 13.3. The summed E-state index contributed by atoms with van der Waals surface area (Å²) in [5, 5.41) is 12.0. The Morgan fingerprint density at radius 1 is 1.10 bits per heavy atom. The molecule has 10 heteroatoms. The van der Waals surface area contributed by atoms with Crippen LogP contribution in [0.4, 0.5) is 13.6 Å². The van der Waals surface area contributed by atoms with E-state index in [0.29, 0.717) is 52.4 Å². The van der Waals surface area contributed by atoms with E-state index in [1.54, 1.807) is 49.9 Å². The second-order valence-electron chi connectivity index (χ2n) is 10.2. The Labute approximate surface area is 230 Å². The van der Waals surface area contributed by atoms with Gasteiger partial charge in [0.05, 0.1) is 17.6 Å². The quantitative estimate of drug-likeness (QED) is 0.396. The van der Waals surface area contributed by atoms with Crippen molar-refractivity contribution in [1.29, 1.82) is 5.26 Å². The van der Waals surface area contributed by atoms with E-state index in [0.717, 1.165) is 0 Å². The third kappa shape index (κ3) is 6.55. The number of nitrogens with one attached hydrogen (secondary N) is 1. The van der Waals surface area contributed by atoms with Gasteiger partial charge in [0.15, 0.2) is 11.6 Å². The lowest BCUT2D eigenvalue weighted by atomic mass is 10.0. The zero-order chi connectivity index (χ0) is 28.3. The van der Waals surface area contributed by atoms with Crippen LogP contribution >= 0.6 is 11.3 Å². The van der Waals surface area contributed by atoms with Crippen molar-refractivity contribution < 1.29 is 27.8 Å². The number of halogens is 2. The van der Waals surface area contributed by atoms with Gasteiger partial charge in [0.25, 0.3) is 5.91 Å². The first-order chi connectivity index (χ1) is 18.5. The molecular formula is C29H29F2N3O4S. The van der Waals surface area contributed by atoms with Gasteiger partial charge >= 0.3 is 6.09 Å². The third-order valence-corrected chi connectivity index (χ3v) is 7.36. The van der Waals surface area contributed by atoms with Crippen LogP contribution in [0.1, 0.15) is 48.8 Å². The highest BCUT2D eigenvalue weighted by Gasteiger charge is 2.29. The fourth-order valence-corrected chi connectivity index (χ4v) is 5.56. The zero-order valence-electron chi connectivity index (χ0n) is 22.1. The SMILES string of the molecule is COc1ccc(-c2sc(C(=O)N3CCC[C@@H](NC(=O)OC(C)(C)C)C3)cc2-c2ccc(C#N)c(F)c2)cc1F. The number of hydrogen-bond donors (Lipinski definition) is 1. The molecule has 1 N–H and O–H groups in total. The van der Waals surface area contributed by atoms with Crippen molar-refractivity contribution in [2.75, 3.05) is 20.2 Å². The highest BCUT2D eigenvalue weighted by atomic mass is 32.1. The number of hydrogen-bond acceptors (Lipinski definition) is 6. The van der Waals surface area contributed by atoms with E-state index < -0.39 is 23.3 Å². The molecule has 1 aromatic heterocycles. The van der Waals surface area contributed by atoms with Crippen LogP contribution in [0.2, 0.25) is 0 Å². The van der Waals surface area contributed by atoms with Gasteiger partial charge in [-0.2, -0.15) is 5.26 Å². The molecule has 1 aliphatic heterocycles. The normalized spacial score (nSPS) is 15.4. The molecule has 1 aliphatic rings. The highest BCUT2D eigenvalue weighted by molar-refractivity contribution is 7.18. The van der Waals surface area contributed by atoms with Crippen molar-refractivity contribution >= 4 is 23.3 Å². The smallest absolute Gasteiger partial charge is 0.407 e. The number of benzene rings is 2. The molecule has 0 bridgehead atoms. The van der Waals surface area contributed by atoms with Crippen LogP contribution < -0.4 is 10.1 Å². The van der Waals surface area contributed by atoms with Crippen LogP contribution in [0.25, 0.3) is 21.6 Å². The Hall–Kier alpha value is -3.97. The van der Waals surface area contributed by atoms with E-state index in [9.17, 15) is 18.4 Å². The molecule has 2 heterocycles. The van der Waals surface area contributed by atoms with Gasteiger partial charge in [-0.15, -0.1) is 11.3 Å². The number of carbonyl (C=O) groups is 2. The zero-order valence-corrected chi connectivity index (χ0v) is 23.0. The Morgan fingerprint density at radius 2 is 1.82 bits per heavy atom. The van der Waals surface area contributed by atoms with Crippen molar-refractivity contribution in [2.24, 2.45) is 0 Å². The number of ether oxygens (including phenoxy) is 2. The van der Waals surface area contributed by atoms with Crippen LogP contribution in [-0.2, 0) is 4.74 Å². The molecule has 0 unspecified atom stereocenters. The Balaban J connectivity index is 1.66. The molecule has 3 aromatic rings. The summed E-state index contributed by atoms with van der Waals surface area (Å²) in [7, 11) is 1.37. The van der Waals surface area contributed by atoms with E-state index >= 15 is 0 Å². The standard InChI is InChI=1S/C29H29F2N3O4S/c1-29(2,3)38-28(36)33-20-6-5-11-34(16-20)27(35)25-14-21(17-7-8-19(15-32)22(30)12-17)26(39-25)18-9-10-24(37-4)23(31)13-18/h7-10,12-14,20H,5-6,11,16H2,1-4H3,(H,33,36)/t20-/m1/s1. The Bertz CT molecular complexity index is 1440. The minimum Gasteiger partial charge on any atom is -0.494 e. The minimum atomic E-state index is -0.687. The van der Waals surface area contributed by atoms with Gasteiger partial charge in [0, 0.05) is 29.6 Å². The van der Waals surface area contributed by atoms with Gasteiger partial charge in [0.1, 0.15) is 17.5 Å². The fraction of sp³-hybridized carbons (Fsp3) is 0.345. The second-order valence-corrected chi connectivity index (χ2v) is 11.3. The Kier molecular flexibility index (Phi) is 8.21. The summed E-state index contributed by atoms with van der Waals surface area (Å²) >= 11 is 1.17.